The SMILES string of the molecule is [2H]C(C)(C)c1cc[n+](C)c(-c2c(C)ccc3c2oc2c4c(ccc23)-c2ccccc2C4(C([2H])([2H])[2H])C([2H])([2H])[2H])c1. The van der Waals surface area contributed by atoms with E-state index in [0.29, 0.717) is 22.1 Å². The van der Waals surface area contributed by atoms with Crippen molar-refractivity contribution in [3.8, 4) is 22.4 Å². The van der Waals surface area contributed by atoms with Crippen LogP contribution in [0.1, 0.15) is 65.3 Å². The minimum Gasteiger partial charge on any atom is -0.455 e. The van der Waals surface area contributed by atoms with E-state index in [1.165, 1.54) is 0 Å². The fraction of sp³-hybridized carbons (Fsp3) is 0.258. The fourth-order valence-electron chi connectivity index (χ4n) is 5.23. The van der Waals surface area contributed by atoms with E-state index >= 15 is 0 Å². The Balaban J connectivity index is 1.78. The predicted molar refractivity (Wildman–Crippen MR) is 137 cm³/mol. The minimum absolute atomic E-state index is 0.191. The van der Waals surface area contributed by atoms with Crippen LogP contribution in [0.25, 0.3) is 44.3 Å². The Bertz CT molecular complexity index is 1820. The van der Waals surface area contributed by atoms with E-state index in [2.05, 4.69) is 0 Å². The molecule has 2 heteroatoms. The van der Waals surface area contributed by atoms with Gasteiger partial charge in [0.1, 0.15) is 18.2 Å². The highest BCUT2D eigenvalue weighted by molar-refractivity contribution is 6.12. The highest BCUT2D eigenvalue weighted by atomic mass is 16.3. The van der Waals surface area contributed by atoms with E-state index in [-0.39, 0.29) is 16.7 Å². The van der Waals surface area contributed by atoms with E-state index in [1.807, 2.05) is 75.0 Å². The molecule has 1 aliphatic carbocycles. The molecule has 2 heterocycles. The predicted octanol–water partition coefficient (Wildman–Crippen LogP) is 7.82. The molecule has 0 spiro atoms. The Morgan fingerprint density at radius 3 is 2.48 bits per heavy atom. The van der Waals surface area contributed by atoms with Gasteiger partial charge in [-0.2, -0.15) is 0 Å². The number of furan rings is 1. The van der Waals surface area contributed by atoms with Crippen LogP contribution in [-0.4, -0.2) is 0 Å². The molecule has 2 nitrogen and oxygen atoms in total. The summed E-state index contributed by atoms with van der Waals surface area (Å²) in [6, 6.07) is 18.5. The zero-order valence-corrected chi connectivity index (χ0v) is 19.2. The van der Waals surface area contributed by atoms with E-state index in [4.69, 9.17) is 14.0 Å². The third-order valence-corrected chi connectivity index (χ3v) is 7.00. The van der Waals surface area contributed by atoms with Gasteiger partial charge in [-0.1, -0.05) is 70.0 Å². The van der Waals surface area contributed by atoms with E-state index in [9.17, 15) is 0 Å². The standard InChI is InChI=1S/C31H30NO/c1-18(2)20-15-16-32(6)26(17-20)27-19(3)11-12-23-24-14-13-22-21-9-7-8-10-25(21)31(4,5)28(22)30(24)33-29(23)27/h7-18H,1-6H3/q+1/i4D3,5D3,18D. The van der Waals surface area contributed by atoms with Crippen molar-refractivity contribution in [2.45, 2.75) is 45.8 Å². The number of aromatic nitrogens is 1. The zero-order chi connectivity index (χ0) is 29.0. The molecule has 0 unspecified atom stereocenters. The molecule has 0 atom stereocenters. The average Bonchev–Trinajstić information content (AvgIpc) is 3.37. The Kier molecular flexibility index (Phi) is 2.89. The third kappa shape index (κ3) is 2.70. The van der Waals surface area contributed by atoms with Crippen LogP contribution in [0, 0.1) is 6.92 Å². The van der Waals surface area contributed by atoms with E-state index in [1.54, 1.807) is 24.3 Å². The zero-order valence-electron chi connectivity index (χ0n) is 26.2. The largest absolute Gasteiger partial charge is 0.455 e. The van der Waals surface area contributed by atoms with Gasteiger partial charge in [-0.3, -0.25) is 0 Å². The van der Waals surface area contributed by atoms with E-state index < -0.39 is 25.0 Å². The van der Waals surface area contributed by atoms with Crippen molar-refractivity contribution in [2.24, 2.45) is 7.05 Å². The van der Waals surface area contributed by atoms with Crippen molar-refractivity contribution in [3.05, 3.63) is 89.1 Å². The molecule has 0 saturated carbocycles. The lowest BCUT2D eigenvalue weighted by Gasteiger charge is -2.21. The van der Waals surface area contributed by atoms with Gasteiger partial charge in [-0.25, -0.2) is 4.57 Å². The summed E-state index contributed by atoms with van der Waals surface area (Å²) in [5.41, 5.74) is 3.65. The molecule has 0 radical (unpaired) electrons. The van der Waals surface area contributed by atoms with Gasteiger partial charge in [0.25, 0.3) is 0 Å². The summed E-state index contributed by atoms with van der Waals surface area (Å²) in [4.78, 5) is 0. The van der Waals surface area contributed by atoms with Crippen molar-refractivity contribution >= 4 is 21.9 Å². The number of rotatable bonds is 2. The normalized spacial score (nSPS) is 18.5. The maximum absolute atomic E-state index is 8.64. The lowest BCUT2D eigenvalue weighted by molar-refractivity contribution is -0.660. The van der Waals surface area contributed by atoms with Gasteiger partial charge in [0.15, 0.2) is 6.20 Å². The van der Waals surface area contributed by atoms with Crippen LogP contribution in [0.2, 0.25) is 0 Å². The second kappa shape index (κ2) is 6.81. The number of aryl methyl sites for hydroxylation is 2. The van der Waals surface area contributed by atoms with Gasteiger partial charge in [0.2, 0.25) is 5.69 Å². The van der Waals surface area contributed by atoms with Crippen molar-refractivity contribution in [3.63, 3.8) is 0 Å². The summed E-state index contributed by atoms with van der Waals surface area (Å²) in [5, 5.41) is 1.44. The monoisotopic (exact) mass is 439 g/mol. The Labute approximate surface area is 205 Å². The molecule has 5 aromatic rings. The molecule has 0 bridgehead atoms. The lowest BCUT2D eigenvalue weighted by Crippen LogP contribution is -2.31. The molecule has 0 N–H and O–H groups in total. The first-order valence-corrected chi connectivity index (χ1v) is 11.2. The first kappa shape index (κ1) is 14.0. The molecule has 0 saturated heterocycles. The van der Waals surface area contributed by atoms with Crippen molar-refractivity contribution in [1.29, 1.82) is 0 Å². The fourth-order valence-corrected chi connectivity index (χ4v) is 5.23. The molecule has 33 heavy (non-hydrogen) atoms. The summed E-state index contributed by atoms with van der Waals surface area (Å²) < 4.78 is 69.0. The maximum atomic E-state index is 8.64. The molecule has 6 rings (SSSR count). The second-order valence-corrected chi connectivity index (χ2v) is 9.31. The number of hydrogen-bond donors (Lipinski definition) is 0. The molecule has 2 aromatic heterocycles. The number of benzene rings is 3. The number of pyridine rings is 1. The minimum atomic E-state index is -2.88. The average molecular weight is 440 g/mol. The van der Waals surface area contributed by atoms with Crippen molar-refractivity contribution in [2.75, 3.05) is 0 Å². The molecule has 164 valence electrons. The van der Waals surface area contributed by atoms with Gasteiger partial charge >= 0.3 is 0 Å². The molecular weight excluding hydrogens is 402 g/mol. The summed E-state index contributed by atoms with van der Waals surface area (Å²) in [6.07, 6.45) is 1.92. The van der Waals surface area contributed by atoms with Crippen LogP contribution in [0.4, 0.5) is 0 Å². The van der Waals surface area contributed by atoms with Crippen LogP contribution >= 0.6 is 0 Å². The Hall–Kier alpha value is -3.39. The molecular formula is C31H30NO+. The summed E-state index contributed by atoms with van der Waals surface area (Å²) in [7, 11) is 1.93. The smallest absolute Gasteiger partial charge is 0.216 e. The molecule has 3 aromatic carbocycles. The van der Waals surface area contributed by atoms with Crippen LogP contribution in [0.5, 0.6) is 0 Å². The third-order valence-electron chi connectivity index (χ3n) is 7.00. The summed E-state index contributed by atoms with van der Waals surface area (Å²) >= 11 is 0. The van der Waals surface area contributed by atoms with Gasteiger partial charge in [-0.05, 0) is 46.7 Å². The summed E-state index contributed by atoms with van der Waals surface area (Å²) in [6.45, 7) is -0.107. The second-order valence-electron chi connectivity index (χ2n) is 9.31. The van der Waals surface area contributed by atoms with Crippen LogP contribution < -0.4 is 4.57 Å². The van der Waals surface area contributed by atoms with Crippen LogP contribution in [0.15, 0.2) is 71.3 Å². The number of nitrogens with zero attached hydrogens (tertiary/aromatic N) is 1. The lowest BCUT2D eigenvalue weighted by atomic mass is 9.82. The number of hydrogen-bond acceptors (Lipinski definition) is 1. The van der Waals surface area contributed by atoms with Gasteiger partial charge in [-0.15, -0.1) is 0 Å². The Morgan fingerprint density at radius 1 is 0.939 bits per heavy atom. The molecule has 0 amide bonds. The molecule has 0 aliphatic heterocycles. The van der Waals surface area contributed by atoms with Crippen molar-refractivity contribution < 1.29 is 18.6 Å². The first-order valence-electron chi connectivity index (χ1n) is 14.7. The van der Waals surface area contributed by atoms with Gasteiger partial charge < -0.3 is 4.42 Å². The highest BCUT2D eigenvalue weighted by Crippen LogP contribution is 2.53. The first-order chi connectivity index (χ1) is 18.6. The quantitative estimate of drug-likeness (QED) is 0.256. The molecule has 1 aliphatic rings. The van der Waals surface area contributed by atoms with Gasteiger partial charge in [0, 0.05) is 43.5 Å². The van der Waals surface area contributed by atoms with Crippen molar-refractivity contribution in [1.82, 2.24) is 0 Å². The van der Waals surface area contributed by atoms with Gasteiger partial charge in [0.05, 0.1) is 5.56 Å². The number of fused-ring (bicyclic) bond motifs is 7. The van der Waals surface area contributed by atoms with Crippen LogP contribution in [0.3, 0.4) is 0 Å². The topological polar surface area (TPSA) is 17.0 Å². The van der Waals surface area contributed by atoms with E-state index in [0.717, 1.165) is 27.8 Å². The van der Waals surface area contributed by atoms with Crippen LogP contribution in [-0.2, 0) is 12.5 Å². The summed E-state index contributed by atoms with van der Waals surface area (Å²) in [5.74, 6) is -0.815. The maximum Gasteiger partial charge on any atom is 0.216 e. The Morgan fingerprint density at radius 2 is 1.70 bits per heavy atom. The molecule has 0 fully saturated rings. The highest BCUT2D eigenvalue weighted by Gasteiger charge is 2.38.